The van der Waals surface area contributed by atoms with Gasteiger partial charge in [0.15, 0.2) is 0 Å². The van der Waals surface area contributed by atoms with Gasteiger partial charge >= 0.3 is 0 Å². The zero-order chi connectivity index (χ0) is 22.5. The Labute approximate surface area is 194 Å². The lowest BCUT2D eigenvalue weighted by atomic mass is 9.92. The second-order valence-electron chi connectivity index (χ2n) is 10.5. The molecule has 1 aromatic carbocycles. The minimum absolute atomic E-state index is 0.187. The number of likely N-dealkylation sites (tertiary alicyclic amines) is 1. The molecule has 1 aromatic heterocycles. The van der Waals surface area contributed by atoms with E-state index in [2.05, 4.69) is 38.6 Å². The quantitative estimate of drug-likeness (QED) is 0.691. The first-order valence-electron chi connectivity index (χ1n) is 12.6. The monoisotopic (exact) mass is 450 g/mol. The summed E-state index contributed by atoms with van der Waals surface area (Å²) in [7, 11) is 1.96. The van der Waals surface area contributed by atoms with E-state index in [9.17, 15) is 9.59 Å². The van der Waals surface area contributed by atoms with Crippen LogP contribution in [0.2, 0.25) is 0 Å². The van der Waals surface area contributed by atoms with Gasteiger partial charge in [-0.25, -0.2) is 0 Å². The van der Waals surface area contributed by atoms with Gasteiger partial charge in [0, 0.05) is 63.7 Å². The maximum atomic E-state index is 12.5. The van der Waals surface area contributed by atoms with Gasteiger partial charge in [0.25, 0.3) is 0 Å². The highest BCUT2D eigenvalue weighted by atomic mass is 16.2. The fourth-order valence-electron chi connectivity index (χ4n) is 6.57. The molecule has 8 heteroatoms. The molecule has 176 valence electrons. The molecule has 0 spiro atoms. The van der Waals surface area contributed by atoms with E-state index in [0.29, 0.717) is 24.9 Å². The summed E-state index contributed by atoms with van der Waals surface area (Å²) in [6, 6.07) is 7.76. The fraction of sp³-hybridized carbons (Fsp3) is 0.640. The second kappa shape index (κ2) is 8.40. The number of nitrogens with zero attached hydrogens (tertiary/aromatic N) is 4. The van der Waals surface area contributed by atoms with Crippen molar-refractivity contribution in [3.8, 4) is 0 Å². The highest BCUT2D eigenvalue weighted by Gasteiger charge is 2.34. The standard InChI is InChI=1S/C25H34N6O2/c1-29-24-19(23(28-29)20-7-8-22(32)27-25(20)33)3-2-4-21(24)31-11-9-16(10-12-31)13-30-14-17-5-6-18(15-30)26-17/h2-4,16-18,20,26H,5-15H2,1H3,(H,27,32,33). The first-order valence-corrected chi connectivity index (χ1v) is 12.6. The van der Waals surface area contributed by atoms with Crippen LogP contribution in [0.3, 0.4) is 0 Å². The molecule has 0 aliphatic carbocycles. The lowest BCUT2D eigenvalue weighted by Gasteiger charge is -2.39. The predicted octanol–water partition coefficient (Wildman–Crippen LogP) is 1.75. The number of hydrogen-bond donors (Lipinski definition) is 2. The number of imide groups is 1. The SMILES string of the molecule is Cn1nc(C2CCC(=O)NC2=O)c2cccc(N3CCC(CN4CC5CCC(C4)N5)CC3)c21. The van der Waals surface area contributed by atoms with E-state index in [1.54, 1.807) is 0 Å². The number of benzene rings is 1. The summed E-state index contributed by atoms with van der Waals surface area (Å²) in [5, 5.41) is 12.0. The van der Waals surface area contributed by atoms with Crippen LogP contribution in [0.25, 0.3) is 10.9 Å². The van der Waals surface area contributed by atoms with Crippen molar-refractivity contribution in [2.45, 2.75) is 56.5 Å². The molecule has 2 amide bonds. The Kier molecular flexibility index (Phi) is 5.37. The third kappa shape index (κ3) is 3.93. The Hall–Kier alpha value is -2.45. The number of piperazine rings is 1. The van der Waals surface area contributed by atoms with Gasteiger partial charge in [-0.05, 0) is 44.1 Å². The Bertz CT molecular complexity index is 1060. The number of anilines is 1. The molecule has 2 bridgehead atoms. The summed E-state index contributed by atoms with van der Waals surface area (Å²) in [6.07, 6.45) is 6.02. The predicted molar refractivity (Wildman–Crippen MR) is 127 cm³/mol. The van der Waals surface area contributed by atoms with E-state index in [1.165, 1.54) is 51.0 Å². The maximum Gasteiger partial charge on any atom is 0.235 e. The van der Waals surface area contributed by atoms with Crippen molar-refractivity contribution in [1.29, 1.82) is 0 Å². The molecular formula is C25H34N6O2. The number of piperidine rings is 2. The van der Waals surface area contributed by atoms with Gasteiger partial charge in [0.2, 0.25) is 11.8 Å². The molecular weight excluding hydrogens is 416 g/mol. The summed E-state index contributed by atoms with van der Waals surface area (Å²) in [5.74, 6) is -0.00225. The number of fused-ring (bicyclic) bond motifs is 3. The van der Waals surface area contributed by atoms with Crippen LogP contribution in [0.15, 0.2) is 18.2 Å². The number of para-hydroxylation sites is 1. The lowest BCUT2D eigenvalue weighted by molar-refractivity contribution is -0.134. The molecule has 3 unspecified atom stereocenters. The molecule has 5 heterocycles. The molecule has 4 saturated heterocycles. The smallest absolute Gasteiger partial charge is 0.235 e. The van der Waals surface area contributed by atoms with Crippen LogP contribution in [0.4, 0.5) is 5.69 Å². The molecule has 33 heavy (non-hydrogen) atoms. The zero-order valence-electron chi connectivity index (χ0n) is 19.4. The zero-order valence-corrected chi connectivity index (χ0v) is 19.4. The van der Waals surface area contributed by atoms with Crippen LogP contribution in [0.1, 0.15) is 50.1 Å². The minimum Gasteiger partial charge on any atom is -0.370 e. The van der Waals surface area contributed by atoms with Crippen molar-refractivity contribution in [3.05, 3.63) is 23.9 Å². The summed E-state index contributed by atoms with van der Waals surface area (Å²) in [5.41, 5.74) is 3.09. The van der Waals surface area contributed by atoms with Gasteiger partial charge in [0.05, 0.1) is 22.8 Å². The molecule has 6 rings (SSSR count). The summed E-state index contributed by atoms with van der Waals surface area (Å²) >= 11 is 0. The van der Waals surface area contributed by atoms with Crippen LogP contribution in [0.5, 0.6) is 0 Å². The largest absolute Gasteiger partial charge is 0.370 e. The molecule has 4 fully saturated rings. The highest BCUT2D eigenvalue weighted by Crippen LogP contribution is 2.36. The molecule has 0 radical (unpaired) electrons. The van der Waals surface area contributed by atoms with Crippen molar-refractivity contribution in [3.63, 3.8) is 0 Å². The molecule has 8 nitrogen and oxygen atoms in total. The van der Waals surface area contributed by atoms with E-state index in [4.69, 9.17) is 5.10 Å². The number of nitrogens with one attached hydrogen (secondary N) is 2. The van der Waals surface area contributed by atoms with Crippen LogP contribution in [-0.2, 0) is 16.6 Å². The van der Waals surface area contributed by atoms with E-state index >= 15 is 0 Å². The summed E-state index contributed by atoms with van der Waals surface area (Å²) in [6.45, 7) is 5.78. The van der Waals surface area contributed by atoms with Crippen molar-refractivity contribution in [2.75, 3.05) is 37.6 Å². The average Bonchev–Trinajstić information content (AvgIpc) is 3.33. The normalized spacial score (nSPS) is 29.1. The summed E-state index contributed by atoms with van der Waals surface area (Å²) < 4.78 is 1.92. The minimum atomic E-state index is -0.360. The maximum absolute atomic E-state index is 12.5. The van der Waals surface area contributed by atoms with Gasteiger partial charge in [-0.15, -0.1) is 0 Å². The number of amides is 2. The van der Waals surface area contributed by atoms with Crippen LogP contribution < -0.4 is 15.5 Å². The van der Waals surface area contributed by atoms with Gasteiger partial charge in [-0.2, -0.15) is 5.10 Å². The fourth-order valence-corrected chi connectivity index (χ4v) is 6.57. The summed E-state index contributed by atoms with van der Waals surface area (Å²) in [4.78, 5) is 29.3. The Morgan fingerprint density at radius 1 is 1.03 bits per heavy atom. The Morgan fingerprint density at radius 2 is 1.79 bits per heavy atom. The lowest BCUT2D eigenvalue weighted by Crippen LogP contribution is -2.52. The first-order chi connectivity index (χ1) is 16.0. The highest BCUT2D eigenvalue weighted by molar-refractivity contribution is 6.03. The van der Waals surface area contributed by atoms with Gasteiger partial charge < -0.3 is 10.2 Å². The number of carbonyl (C=O) groups is 2. The molecule has 0 saturated carbocycles. The van der Waals surface area contributed by atoms with Gasteiger partial charge in [-0.3, -0.25) is 24.5 Å². The molecule has 2 N–H and O–H groups in total. The average molecular weight is 451 g/mol. The first kappa shape index (κ1) is 21.1. The van der Waals surface area contributed by atoms with Crippen molar-refractivity contribution >= 4 is 28.4 Å². The van der Waals surface area contributed by atoms with Crippen LogP contribution in [0, 0.1) is 5.92 Å². The molecule has 2 aromatic rings. The van der Waals surface area contributed by atoms with Crippen molar-refractivity contribution in [1.82, 2.24) is 25.3 Å². The van der Waals surface area contributed by atoms with Crippen LogP contribution in [-0.4, -0.2) is 71.3 Å². The van der Waals surface area contributed by atoms with Crippen molar-refractivity contribution < 1.29 is 9.59 Å². The van der Waals surface area contributed by atoms with E-state index in [-0.39, 0.29) is 17.7 Å². The number of aryl methyl sites for hydroxylation is 1. The topological polar surface area (TPSA) is 82.5 Å². The van der Waals surface area contributed by atoms with Gasteiger partial charge in [-0.1, -0.05) is 12.1 Å². The van der Waals surface area contributed by atoms with Gasteiger partial charge in [0.1, 0.15) is 0 Å². The third-order valence-electron chi connectivity index (χ3n) is 8.21. The number of hydrogen-bond acceptors (Lipinski definition) is 6. The number of aromatic nitrogens is 2. The molecule has 3 atom stereocenters. The van der Waals surface area contributed by atoms with Crippen molar-refractivity contribution in [2.24, 2.45) is 13.0 Å². The molecule has 4 aliphatic rings. The Balaban J connectivity index is 1.17. The Morgan fingerprint density at radius 3 is 2.52 bits per heavy atom. The van der Waals surface area contributed by atoms with E-state index in [0.717, 1.165) is 35.6 Å². The molecule has 4 aliphatic heterocycles. The second-order valence-corrected chi connectivity index (χ2v) is 10.5. The van der Waals surface area contributed by atoms with Crippen LogP contribution >= 0.6 is 0 Å². The third-order valence-corrected chi connectivity index (χ3v) is 8.21. The van der Waals surface area contributed by atoms with E-state index < -0.39 is 0 Å². The van der Waals surface area contributed by atoms with E-state index in [1.807, 2.05) is 11.7 Å². The number of carbonyl (C=O) groups excluding carboxylic acids is 2. The number of rotatable bonds is 4.